The highest BCUT2D eigenvalue weighted by Gasteiger charge is 2.48. The Morgan fingerprint density at radius 2 is 2.00 bits per heavy atom. The lowest BCUT2D eigenvalue weighted by molar-refractivity contribution is 0.0320. The van der Waals surface area contributed by atoms with E-state index >= 15 is 0 Å². The molecule has 1 unspecified atom stereocenters. The molecule has 0 bridgehead atoms. The highest BCUT2D eigenvalue weighted by molar-refractivity contribution is 5.95. The first-order valence-electron chi connectivity index (χ1n) is 9.55. The van der Waals surface area contributed by atoms with Crippen LogP contribution in [0.5, 0.6) is 0 Å². The molecule has 0 aliphatic carbocycles. The van der Waals surface area contributed by atoms with E-state index in [-0.39, 0.29) is 11.3 Å². The molecule has 1 amide bonds. The maximum atomic E-state index is 12.9. The van der Waals surface area contributed by atoms with Crippen molar-refractivity contribution < 1.29 is 18.7 Å². The van der Waals surface area contributed by atoms with Gasteiger partial charge >= 0.3 is 0 Å². The number of rotatable bonds is 6. The van der Waals surface area contributed by atoms with Crippen molar-refractivity contribution in [1.82, 2.24) is 9.80 Å². The number of ether oxygens (including phenoxy) is 2. The lowest BCUT2D eigenvalue weighted by atomic mass is 9.71. The van der Waals surface area contributed by atoms with E-state index in [1.807, 2.05) is 24.8 Å². The Balaban J connectivity index is 1.65. The fourth-order valence-electron chi connectivity index (χ4n) is 4.70. The number of hydrogen-bond donors (Lipinski definition) is 0. The molecule has 2 aliphatic heterocycles. The Bertz CT molecular complexity index is 619. The van der Waals surface area contributed by atoms with Gasteiger partial charge in [-0.15, -0.1) is 0 Å². The van der Waals surface area contributed by atoms with Gasteiger partial charge < -0.3 is 23.7 Å². The average Bonchev–Trinajstić information content (AvgIpc) is 3.13. The van der Waals surface area contributed by atoms with E-state index in [0.717, 1.165) is 70.3 Å². The molecule has 3 rings (SSSR count). The molecular weight excluding hydrogens is 332 g/mol. The minimum absolute atomic E-state index is 0.103. The van der Waals surface area contributed by atoms with Crippen LogP contribution in [0.15, 0.2) is 10.5 Å². The fraction of sp³-hybridized carbons (Fsp3) is 0.750. The third-order valence-electron chi connectivity index (χ3n) is 6.18. The van der Waals surface area contributed by atoms with Crippen LogP contribution in [0.25, 0.3) is 0 Å². The molecule has 1 aromatic heterocycles. The molecule has 1 spiro atoms. The highest BCUT2D eigenvalue weighted by atomic mass is 16.5. The van der Waals surface area contributed by atoms with Crippen molar-refractivity contribution in [3.8, 4) is 0 Å². The van der Waals surface area contributed by atoms with Crippen LogP contribution in [-0.4, -0.2) is 75.9 Å². The van der Waals surface area contributed by atoms with Crippen molar-refractivity contribution in [2.45, 2.75) is 26.7 Å². The lowest BCUT2D eigenvalue weighted by Crippen LogP contribution is -2.47. The van der Waals surface area contributed by atoms with Gasteiger partial charge in [-0.2, -0.15) is 0 Å². The van der Waals surface area contributed by atoms with E-state index in [2.05, 4.69) is 4.90 Å². The van der Waals surface area contributed by atoms with Crippen LogP contribution in [0.1, 0.15) is 34.7 Å². The summed E-state index contributed by atoms with van der Waals surface area (Å²) in [6.45, 7) is 10.0. The van der Waals surface area contributed by atoms with E-state index in [1.165, 1.54) is 0 Å². The largest absolute Gasteiger partial charge is 0.466 e. The second-order valence-corrected chi connectivity index (χ2v) is 7.86. The van der Waals surface area contributed by atoms with Gasteiger partial charge in [-0.05, 0) is 38.2 Å². The molecule has 26 heavy (non-hydrogen) atoms. The molecule has 0 N–H and O–H groups in total. The van der Waals surface area contributed by atoms with Crippen molar-refractivity contribution >= 4 is 5.91 Å². The summed E-state index contributed by atoms with van der Waals surface area (Å²) >= 11 is 0. The molecule has 3 heterocycles. The third-order valence-corrected chi connectivity index (χ3v) is 6.18. The van der Waals surface area contributed by atoms with E-state index in [9.17, 15) is 4.79 Å². The van der Waals surface area contributed by atoms with Crippen LogP contribution in [0, 0.1) is 25.2 Å². The Kier molecular flexibility index (Phi) is 6.05. The molecule has 2 fully saturated rings. The van der Waals surface area contributed by atoms with Gasteiger partial charge in [0.1, 0.15) is 11.5 Å². The molecule has 2 aliphatic rings. The van der Waals surface area contributed by atoms with Crippen LogP contribution in [0.2, 0.25) is 0 Å². The molecule has 1 aromatic rings. The third kappa shape index (κ3) is 3.82. The van der Waals surface area contributed by atoms with Crippen molar-refractivity contribution in [2.75, 3.05) is 60.2 Å². The minimum atomic E-state index is 0.103. The number of likely N-dealkylation sites (tertiary alicyclic amines) is 2. The Labute approximate surface area is 156 Å². The lowest BCUT2D eigenvalue weighted by Gasteiger charge is -2.42. The van der Waals surface area contributed by atoms with Crippen LogP contribution < -0.4 is 0 Å². The Morgan fingerprint density at radius 1 is 1.27 bits per heavy atom. The molecule has 0 aromatic carbocycles. The number of nitrogens with zero attached hydrogens (tertiary/aromatic N) is 2. The van der Waals surface area contributed by atoms with Gasteiger partial charge in [-0.25, -0.2) is 0 Å². The Morgan fingerprint density at radius 3 is 2.58 bits per heavy atom. The molecule has 2 saturated heterocycles. The highest BCUT2D eigenvalue weighted by Crippen LogP contribution is 2.45. The zero-order chi connectivity index (χ0) is 18.7. The summed E-state index contributed by atoms with van der Waals surface area (Å²) in [6, 6.07) is 1.86. The first kappa shape index (κ1) is 19.4. The molecule has 0 radical (unpaired) electrons. The first-order chi connectivity index (χ1) is 12.5. The number of furan rings is 1. The van der Waals surface area contributed by atoms with Gasteiger partial charge in [0.25, 0.3) is 5.91 Å². The van der Waals surface area contributed by atoms with Gasteiger partial charge in [0, 0.05) is 52.9 Å². The summed E-state index contributed by atoms with van der Waals surface area (Å²) in [6.07, 6.45) is 2.07. The number of methoxy groups -OCH3 is 2. The number of amides is 1. The van der Waals surface area contributed by atoms with Crippen molar-refractivity contribution in [2.24, 2.45) is 11.3 Å². The number of hydrogen-bond acceptors (Lipinski definition) is 5. The van der Waals surface area contributed by atoms with Gasteiger partial charge in [-0.3, -0.25) is 4.79 Å². The number of carbonyl (C=O) groups excluding carboxylic acids is 1. The predicted octanol–water partition coefficient (Wildman–Crippen LogP) is 2.34. The SMILES string of the molecule is COCCN1CC(COC)C2(CCN(C(=O)c3cc(C)oc3C)CC2)C1. The van der Waals surface area contributed by atoms with Gasteiger partial charge in [0.2, 0.25) is 0 Å². The second kappa shape index (κ2) is 8.11. The van der Waals surface area contributed by atoms with E-state index in [0.29, 0.717) is 11.5 Å². The normalized spacial score (nSPS) is 23.1. The van der Waals surface area contributed by atoms with Gasteiger partial charge in [0.15, 0.2) is 0 Å². The summed E-state index contributed by atoms with van der Waals surface area (Å²) in [7, 11) is 3.54. The smallest absolute Gasteiger partial charge is 0.257 e. The molecular formula is C20H32N2O4. The molecule has 1 atom stereocenters. The average molecular weight is 364 g/mol. The summed E-state index contributed by atoms with van der Waals surface area (Å²) < 4.78 is 16.3. The Hall–Kier alpha value is -1.37. The van der Waals surface area contributed by atoms with Crippen LogP contribution in [-0.2, 0) is 9.47 Å². The van der Waals surface area contributed by atoms with Gasteiger partial charge in [0.05, 0.1) is 18.8 Å². The van der Waals surface area contributed by atoms with Crippen molar-refractivity contribution in [1.29, 1.82) is 0 Å². The summed E-state index contributed by atoms with van der Waals surface area (Å²) in [5.41, 5.74) is 0.960. The minimum Gasteiger partial charge on any atom is -0.466 e. The van der Waals surface area contributed by atoms with Crippen molar-refractivity contribution in [3.05, 3.63) is 23.2 Å². The molecule has 0 saturated carbocycles. The topological polar surface area (TPSA) is 55.2 Å². The zero-order valence-electron chi connectivity index (χ0n) is 16.5. The van der Waals surface area contributed by atoms with Crippen LogP contribution in [0.4, 0.5) is 0 Å². The standard InChI is InChI=1S/C20H32N2O4/c1-15-11-18(16(2)26-15)19(23)22-7-5-20(6-8-22)14-21(9-10-24-3)12-17(20)13-25-4/h11,17H,5-10,12-14H2,1-4H3. The van der Waals surface area contributed by atoms with Gasteiger partial charge in [-0.1, -0.05) is 0 Å². The first-order valence-corrected chi connectivity index (χ1v) is 9.55. The van der Waals surface area contributed by atoms with Crippen LogP contribution in [0.3, 0.4) is 0 Å². The van der Waals surface area contributed by atoms with E-state index in [1.54, 1.807) is 14.2 Å². The van der Waals surface area contributed by atoms with E-state index in [4.69, 9.17) is 13.9 Å². The zero-order valence-corrected chi connectivity index (χ0v) is 16.5. The molecule has 6 heteroatoms. The molecule has 6 nitrogen and oxygen atoms in total. The summed E-state index contributed by atoms with van der Waals surface area (Å²) in [5.74, 6) is 2.15. The maximum Gasteiger partial charge on any atom is 0.257 e. The fourth-order valence-corrected chi connectivity index (χ4v) is 4.70. The second-order valence-electron chi connectivity index (χ2n) is 7.86. The molecule has 146 valence electrons. The number of carbonyl (C=O) groups is 1. The maximum absolute atomic E-state index is 12.9. The predicted molar refractivity (Wildman–Crippen MR) is 99.4 cm³/mol. The monoisotopic (exact) mass is 364 g/mol. The van der Waals surface area contributed by atoms with Crippen LogP contribution >= 0.6 is 0 Å². The summed E-state index contributed by atoms with van der Waals surface area (Å²) in [4.78, 5) is 17.3. The number of aryl methyl sites for hydroxylation is 2. The quantitative estimate of drug-likeness (QED) is 0.776. The van der Waals surface area contributed by atoms with E-state index < -0.39 is 0 Å². The number of piperidine rings is 1. The summed E-state index contributed by atoms with van der Waals surface area (Å²) in [5, 5.41) is 0. The van der Waals surface area contributed by atoms with Crippen molar-refractivity contribution in [3.63, 3.8) is 0 Å².